The Morgan fingerprint density at radius 3 is 2.04 bits per heavy atom. The van der Waals surface area contributed by atoms with Gasteiger partial charge in [-0.1, -0.05) is 82.0 Å². The number of para-hydroxylation sites is 1. The summed E-state index contributed by atoms with van der Waals surface area (Å²) in [6.07, 6.45) is 12.8. The molecule has 0 spiro atoms. The Bertz CT molecular complexity index is 559. The number of ether oxygens (including phenoxy) is 2. The summed E-state index contributed by atoms with van der Waals surface area (Å²) in [5, 5.41) is 0.426. The van der Waals surface area contributed by atoms with E-state index in [1.165, 1.54) is 38.5 Å². The van der Waals surface area contributed by atoms with E-state index >= 15 is 0 Å². The maximum absolute atomic E-state index is 11.8. The molecule has 5 heteroatoms. The molecule has 0 heterocycles. The van der Waals surface area contributed by atoms with Crippen molar-refractivity contribution in [2.45, 2.75) is 90.4 Å². The lowest BCUT2D eigenvalue weighted by molar-refractivity contribution is -0.143. The smallest absolute Gasteiger partial charge is 0.311 e. The molecule has 0 aromatic heterocycles. The summed E-state index contributed by atoms with van der Waals surface area (Å²) < 4.78 is 10.5. The van der Waals surface area contributed by atoms with Crippen LogP contribution in [0.25, 0.3) is 0 Å². The van der Waals surface area contributed by atoms with Gasteiger partial charge in [-0.25, -0.2) is 0 Å². The Morgan fingerprint density at radius 2 is 1.36 bits per heavy atom. The molecule has 1 rings (SSSR count). The first-order chi connectivity index (χ1) is 13.6. The van der Waals surface area contributed by atoms with Crippen LogP contribution in [0.3, 0.4) is 0 Å². The molecule has 0 amide bonds. The minimum Gasteiger partial charge on any atom is -0.466 e. The van der Waals surface area contributed by atoms with Gasteiger partial charge in [0.25, 0.3) is 0 Å². The van der Waals surface area contributed by atoms with Gasteiger partial charge in [-0.05, 0) is 31.4 Å². The average Bonchev–Trinajstić information content (AvgIpc) is 2.68. The van der Waals surface area contributed by atoms with Crippen molar-refractivity contribution in [1.82, 2.24) is 0 Å². The molecular weight excluding hydrogens is 376 g/mol. The summed E-state index contributed by atoms with van der Waals surface area (Å²) in [5.41, 5.74) is 0. The van der Waals surface area contributed by atoms with Crippen LogP contribution in [0.15, 0.2) is 24.3 Å². The molecule has 0 saturated carbocycles. The molecular formula is C23H35ClO4. The molecule has 28 heavy (non-hydrogen) atoms. The fraction of sp³-hybridized carbons (Fsp3) is 0.652. The third kappa shape index (κ3) is 12.8. The number of carbonyl (C=O) groups is 2. The molecule has 0 unspecified atom stereocenters. The molecule has 4 nitrogen and oxygen atoms in total. The summed E-state index contributed by atoms with van der Waals surface area (Å²) in [5.74, 6) is -0.0503. The summed E-state index contributed by atoms with van der Waals surface area (Å²) in [4.78, 5) is 23.5. The largest absolute Gasteiger partial charge is 0.466 e. The normalized spacial score (nSPS) is 10.6. The molecule has 0 N–H and O–H groups in total. The third-order valence-corrected chi connectivity index (χ3v) is 4.90. The van der Waals surface area contributed by atoms with E-state index in [0.29, 0.717) is 36.6 Å². The van der Waals surface area contributed by atoms with Crippen molar-refractivity contribution in [1.29, 1.82) is 0 Å². The van der Waals surface area contributed by atoms with Gasteiger partial charge >= 0.3 is 11.9 Å². The van der Waals surface area contributed by atoms with Crippen LogP contribution in [0.5, 0.6) is 5.75 Å². The number of benzene rings is 1. The predicted octanol–water partition coefficient (Wildman–Crippen LogP) is 6.88. The van der Waals surface area contributed by atoms with Crippen LogP contribution < -0.4 is 4.74 Å². The zero-order valence-electron chi connectivity index (χ0n) is 17.2. The number of hydrogen-bond donors (Lipinski definition) is 0. The van der Waals surface area contributed by atoms with E-state index in [9.17, 15) is 9.59 Å². The fourth-order valence-electron chi connectivity index (χ4n) is 2.91. The second kappa shape index (κ2) is 16.4. The molecule has 0 aliphatic carbocycles. The number of halogens is 1. The highest BCUT2D eigenvalue weighted by Crippen LogP contribution is 2.23. The van der Waals surface area contributed by atoms with Gasteiger partial charge in [0.1, 0.15) is 5.75 Å². The zero-order valence-corrected chi connectivity index (χ0v) is 18.0. The Kier molecular flexibility index (Phi) is 14.4. The zero-order chi connectivity index (χ0) is 20.5. The van der Waals surface area contributed by atoms with Gasteiger partial charge in [0.2, 0.25) is 0 Å². The van der Waals surface area contributed by atoms with Crippen LogP contribution in [-0.2, 0) is 14.3 Å². The maximum Gasteiger partial charge on any atom is 0.311 e. The fourth-order valence-corrected chi connectivity index (χ4v) is 3.09. The van der Waals surface area contributed by atoms with Crippen LogP contribution in [-0.4, -0.2) is 18.5 Å². The molecule has 0 bridgehead atoms. The first-order valence-corrected chi connectivity index (χ1v) is 11.1. The number of esters is 2. The van der Waals surface area contributed by atoms with E-state index in [1.54, 1.807) is 24.3 Å². The van der Waals surface area contributed by atoms with Crippen molar-refractivity contribution in [3.05, 3.63) is 29.3 Å². The lowest BCUT2D eigenvalue weighted by Gasteiger charge is -2.06. The van der Waals surface area contributed by atoms with E-state index in [0.717, 1.165) is 25.7 Å². The van der Waals surface area contributed by atoms with Gasteiger partial charge in [-0.3, -0.25) is 9.59 Å². The van der Waals surface area contributed by atoms with Gasteiger partial charge in [0, 0.05) is 12.8 Å². The second-order valence-corrected chi connectivity index (χ2v) is 7.57. The monoisotopic (exact) mass is 410 g/mol. The van der Waals surface area contributed by atoms with Crippen LogP contribution in [0.4, 0.5) is 0 Å². The first kappa shape index (κ1) is 24.5. The van der Waals surface area contributed by atoms with E-state index in [-0.39, 0.29) is 11.9 Å². The molecule has 0 aliphatic heterocycles. The Balaban J connectivity index is 1.92. The minimum atomic E-state index is -0.301. The van der Waals surface area contributed by atoms with Gasteiger partial charge in [0.15, 0.2) is 0 Å². The first-order valence-electron chi connectivity index (χ1n) is 10.7. The van der Waals surface area contributed by atoms with E-state index in [2.05, 4.69) is 6.92 Å². The molecule has 1 aromatic rings. The maximum atomic E-state index is 11.8. The Morgan fingerprint density at radius 1 is 0.786 bits per heavy atom. The van der Waals surface area contributed by atoms with Crippen molar-refractivity contribution in [2.24, 2.45) is 0 Å². The standard InChI is InChI=1S/C23H35ClO4/c1-2-3-4-5-6-7-8-14-19-27-22(25)17-10-9-11-18-23(26)28-21-16-13-12-15-20(21)24/h12-13,15-16H,2-11,14,17-19H2,1H3. The van der Waals surface area contributed by atoms with Crippen molar-refractivity contribution in [3.63, 3.8) is 0 Å². The number of carbonyl (C=O) groups excluding carboxylic acids is 2. The number of unbranched alkanes of at least 4 members (excludes halogenated alkanes) is 9. The predicted molar refractivity (Wildman–Crippen MR) is 114 cm³/mol. The molecule has 0 atom stereocenters. The van der Waals surface area contributed by atoms with Crippen molar-refractivity contribution < 1.29 is 19.1 Å². The average molecular weight is 411 g/mol. The quantitative estimate of drug-likeness (QED) is 0.169. The summed E-state index contributed by atoms with van der Waals surface area (Å²) in [6.45, 7) is 2.75. The van der Waals surface area contributed by atoms with Crippen molar-refractivity contribution >= 4 is 23.5 Å². The lowest BCUT2D eigenvalue weighted by Crippen LogP contribution is -2.08. The topological polar surface area (TPSA) is 52.6 Å². The summed E-state index contributed by atoms with van der Waals surface area (Å²) in [7, 11) is 0. The lowest BCUT2D eigenvalue weighted by atomic mass is 10.1. The molecule has 158 valence electrons. The highest BCUT2D eigenvalue weighted by Gasteiger charge is 2.08. The molecule has 0 radical (unpaired) electrons. The number of rotatable bonds is 16. The molecule has 0 aliphatic rings. The molecule has 0 saturated heterocycles. The second-order valence-electron chi connectivity index (χ2n) is 7.16. The highest BCUT2D eigenvalue weighted by atomic mass is 35.5. The van der Waals surface area contributed by atoms with Gasteiger partial charge in [0.05, 0.1) is 11.6 Å². The van der Waals surface area contributed by atoms with Crippen molar-refractivity contribution in [3.8, 4) is 5.75 Å². The molecule has 1 aromatic carbocycles. The van der Waals surface area contributed by atoms with Gasteiger partial charge < -0.3 is 9.47 Å². The Labute approximate surface area is 174 Å². The van der Waals surface area contributed by atoms with Crippen LogP contribution in [0, 0.1) is 0 Å². The SMILES string of the molecule is CCCCCCCCCCOC(=O)CCCCCC(=O)Oc1ccccc1Cl. The molecule has 0 fully saturated rings. The van der Waals surface area contributed by atoms with Crippen molar-refractivity contribution in [2.75, 3.05) is 6.61 Å². The van der Waals surface area contributed by atoms with Crippen LogP contribution in [0.2, 0.25) is 5.02 Å². The van der Waals surface area contributed by atoms with E-state index < -0.39 is 0 Å². The van der Waals surface area contributed by atoms with Crippen LogP contribution >= 0.6 is 11.6 Å². The highest BCUT2D eigenvalue weighted by molar-refractivity contribution is 6.32. The third-order valence-electron chi connectivity index (χ3n) is 4.58. The van der Waals surface area contributed by atoms with Gasteiger partial charge in [-0.15, -0.1) is 0 Å². The van der Waals surface area contributed by atoms with E-state index in [4.69, 9.17) is 21.1 Å². The van der Waals surface area contributed by atoms with Crippen LogP contribution in [0.1, 0.15) is 90.4 Å². The van der Waals surface area contributed by atoms with Gasteiger partial charge in [-0.2, -0.15) is 0 Å². The number of hydrogen-bond acceptors (Lipinski definition) is 4. The summed E-state index contributed by atoms with van der Waals surface area (Å²) in [6, 6.07) is 6.91. The van der Waals surface area contributed by atoms with E-state index in [1.807, 2.05) is 0 Å². The summed E-state index contributed by atoms with van der Waals surface area (Å²) >= 11 is 5.95. The Hall–Kier alpha value is -1.55. The minimum absolute atomic E-state index is 0.137.